The summed E-state index contributed by atoms with van der Waals surface area (Å²) in [5, 5.41) is 8.42. The van der Waals surface area contributed by atoms with E-state index in [1.165, 1.54) is 12.8 Å². The molecule has 0 atom stereocenters. The minimum atomic E-state index is -0.129. The number of nitrogens with one attached hydrogen (secondary N) is 3. The Balaban J connectivity index is 2.02. The van der Waals surface area contributed by atoms with Gasteiger partial charge in [-0.15, -0.1) is 0 Å². The van der Waals surface area contributed by atoms with Crippen LogP contribution < -0.4 is 16.0 Å². The molecule has 3 amide bonds. The first-order valence-electron chi connectivity index (χ1n) is 6.41. The van der Waals surface area contributed by atoms with Crippen LogP contribution in [0.3, 0.4) is 0 Å². The summed E-state index contributed by atoms with van der Waals surface area (Å²) in [6.45, 7) is 4.64. The molecule has 5 heteroatoms. The third-order valence-corrected chi connectivity index (χ3v) is 2.92. The van der Waals surface area contributed by atoms with E-state index in [9.17, 15) is 9.59 Å². The molecule has 98 valence electrons. The lowest BCUT2D eigenvalue weighted by Crippen LogP contribution is -2.44. The minimum absolute atomic E-state index is 0.0117. The second-order valence-electron chi connectivity index (χ2n) is 4.83. The van der Waals surface area contributed by atoms with Gasteiger partial charge in [0, 0.05) is 25.0 Å². The van der Waals surface area contributed by atoms with Crippen molar-refractivity contribution < 1.29 is 9.59 Å². The molecular formula is C12H23N3O2. The Hall–Kier alpha value is -1.26. The fourth-order valence-electron chi connectivity index (χ4n) is 1.87. The lowest BCUT2D eigenvalue weighted by molar-refractivity contribution is -0.123. The van der Waals surface area contributed by atoms with Gasteiger partial charge in [-0.2, -0.15) is 0 Å². The van der Waals surface area contributed by atoms with E-state index in [0.29, 0.717) is 19.1 Å². The van der Waals surface area contributed by atoms with Crippen LogP contribution in [0.4, 0.5) is 4.79 Å². The smallest absolute Gasteiger partial charge is 0.315 e. The zero-order valence-electron chi connectivity index (χ0n) is 10.7. The SMILES string of the molecule is CC(C)C(=O)NCCNC(=O)NC1CCCC1. The van der Waals surface area contributed by atoms with Crippen LogP contribution in [-0.2, 0) is 4.79 Å². The van der Waals surface area contributed by atoms with E-state index in [1.54, 1.807) is 0 Å². The zero-order chi connectivity index (χ0) is 12.7. The van der Waals surface area contributed by atoms with E-state index in [0.717, 1.165) is 12.8 Å². The lowest BCUT2D eigenvalue weighted by Gasteiger charge is -2.13. The number of amides is 3. The van der Waals surface area contributed by atoms with E-state index in [1.807, 2.05) is 13.8 Å². The highest BCUT2D eigenvalue weighted by Crippen LogP contribution is 2.17. The molecule has 1 aliphatic rings. The first-order chi connectivity index (χ1) is 8.09. The Morgan fingerprint density at radius 1 is 1.12 bits per heavy atom. The molecule has 0 radical (unpaired) electrons. The van der Waals surface area contributed by atoms with Gasteiger partial charge in [0.05, 0.1) is 0 Å². The quantitative estimate of drug-likeness (QED) is 0.628. The van der Waals surface area contributed by atoms with E-state index < -0.39 is 0 Å². The molecule has 1 rings (SSSR count). The van der Waals surface area contributed by atoms with Crippen LogP contribution in [0.2, 0.25) is 0 Å². The second-order valence-corrected chi connectivity index (χ2v) is 4.83. The average Bonchev–Trinajstić information content (AvgIpc) is 2.76. The summed E-state index contributed by atoms with van der Waals surface area (Å²) < 4.78 is 0. The average molecular weight is 241 g/mol. The van der Waals surface area contributed by atoms with Crippen LogP contribution in [0.15, 0.2) is 0 Å². The third kappa shape index (κ3) is 5.56. The normalized spacial score (nSPS) is 15.9. The highest BCUT2D eigenvalue weighted by atomic mass is 16.2. The van der Waals surface area contributed by atoms with E-state index in [4.69, 9.17) is 0 Å². The number of hydrogen-bond acceptors (Lipinski definition) is 2. The molecule has 0 saturated heterocycles. The second kappa shape index (κ2) is 7.14. The van der Waals surface area contributed by atoms with Crippen LogP contribution in [0.5, 0.6) is 0 Å². The van der Waals surface area contributed by atoms with Crippen LogP contribution in [0, 0.1) is 5.92 Å². The Morgan fingerprint density at radius 2 is 1.71 bits per heavy atom. The van der Waals surface area contributed by atoms with Crippen LogP contribution in [-0.4, -0.2) is 31.1 Å². The van der Waals surface area contributed by atoms with Crippen LogP contribution >= 0.6 is 0 Å². The van der Waals surface area contributed by atoms with Crippen molar-refractivity contribution in [2.45, 2.75) is 45.6 Å². The van der Waals surface area contributed by atoms with E-state index in [-0.39, 0.29) is 17.9 Å². The molecule has 0 spiro atoms. The summed E-state index contributed by atoms with van der Waals surface area (Å²) in [5.74, 6) is 0.00492. The monoisotopic (exact) mass is 241 g/mol. The molecule has 0 bridgehead atoms. The van der Waals surface area contributed by atoms with Crippen molar-refractivity contribution in [3.05, 3.63) is 0 Å². The Labute approximate surface area is 103 Å². The van der Waals surface area contributed by atoms with Gasteiger partial charge < -0.3 is 16.0 Å². The van der Waals surface area contributed by atoms with Gasteiger partial charge >= 0.3 is 6.03 Å². The summed E-state index contributed by atoms with van der Waals surface area (Å²) >= 11 is 0. The van der Waals surface area contributed by atoms with Gasteiger partial charge in [0.1, 0.15) is 0 Å². The molecule has 0 heterocycles. The molecule has 0 unspecified atom stereocenters. The van der Waals surface area contributed by atoms with E-state index >= 15 is 0 Å². The maximum atomic E-state index is 11.4. The molecule has 1 aliphatic carbocycles. The Bertz CT molecular complexity index is 260. The van der Waals surface area contributed by atoms with Gasteiger partial charge in [-0.1, -0.05) is 26.7 Å². The molecule has 0 aliphatic heterocycles. The summed E-state index contributed by atoms with van der Waals surface area (Å²) in [6.07, 6.45) is 4.57. The van der Waals surface area contributed by atoms with Crippen molar-refractivity contribution in [3.63, 3.8) is 0 Å². The highest BCUT2D eigenvalue weighted by Gasteiger charge is 2.16. The predicted molar refractivity (Wildman–Crippen MR) is 66.6 cm³/mol. The Kier molecular flexibility index (Phi) is 5.80. The van der Waals surface area contributed by atoms with Gasteiger partial charge in [-0.05, 0) is 12.8 Å². The summed E-state index contributed by atoms with van der Waals surface area (Å²) in [6, 6.07) is 0.205. The number of rotatable bonds is 5. The molecular weight excluding hydrogens is 218 g/mol. The van der Waals surface area contributed by atoms with Gasteiger partial charge in [0.2, 0.25) is 5.91 Å². The van der Waals surface area contributed by atoms with Crippen molar-refractivity contribution in [1.82, 2.24) is 16.0 Å². The molecule has 0 aromatic rings. The molecule has 17 heavy (non-hydrogen) atoms. The van der Waals surface area contributed by atoms with Crippen molar-refractivity contribution in [2.24, 2.45) is 5.92 Å². The van der Waals surface area contributed by atoms with Gasteiger partial charge in [-0.25, -0.2) is 4.79 Å². The summed E-state index contributed by atoms with van der Waals surface area (Å²) in [4.78, 5) is 22.7. The van der Waals surface area contributed by atoms with Crippen LogP contribution in [0.25, 0.3) is 0 Å². The highest BCUT2D eigenvalue weighted by molar-refractivity contribution is 5.78. The van der Waals surface area contributed by atoms with Gasteiger partial charge in [0.25, 0.3) is 0 Å². The van der Waals surface area contributed by atoms with Gasteiger partial charge in [-0.3, -0.25) is 4.79 Å². The first-order valence-corrected chi connectivity index (χ1v) is 6.41. The molecule has 0 aromatic heterocycles. The number of urea groups is 1. The van der Waals surface area contributed by atoms with Gasteiger partial charge in [0.15, 0.2) is 0 Å². The first kappa shape index (κ1) is 13.8. The predicted octanol–water partition coefficient (Wildman–Crippen LogP) is 1.00. The molecule has 3 N–H and O–H groups in total. The topological polar surface area (TPSA) is 70.2 Å². The fraction of sp³-hybridized carbons (Fsp3) is 0.833. The minimum Gasteiger partial charge on any atom is -0.354 e. The summed E-state index contributed by atoms with van der Waals surface area (Å²) in [5.41, 5.74) is 0. The molecule has 0 aromatic carbocycles. The lowest BCUT2D eigenvalue weighted by atomic mass is 10.2. The van der Waals surface area contributed by atoms with Crippen molar-refractivity contribution in [2.75, 3.05) is 13.1 Å². The van der Waals surface area contributed by atoms with Crippen molar-refractivity contribution in [1.29, 1.82) is 0 Å². The van der Waals surface area contributed by atoms with Crippen LogP contribution in [0.1, 0.15) is 39.5 Å². The fourth-order valence-corrected chi connectivity index (χ4v) is 1.87. The van der Waals surface area contributed by atoms with Crippen molar-refractivity contribution in [3.8, 4) is 0 Å². The molecule has 5 nitrogen and oxygen atoms in total. The zero-order valence-corrected chi connectivity index (χ0v) is 10.7. The Morgan fingerprint density at radius 3 is 2.29 bits per heavy atom. The third-order valence-electron chi connectivity index (χ3n) is 2.92. The number of hydrogen-bond donors (Lipinski definition) is 3. The van der Waals surface area contributed by atoms with Crippen molar-refractivity contribution >= 4 is 11.9 Å². The maximum Gasteiger partial charge on any atom is 0.315 e. The molecule has 1 saturated carbocycles. The standard InChI is InChI=1S/C12H23N3O2/c1-9(2)11(16)13-7-8-14-12(17)15-10-5-3-4-6-10/h9-10H,3-8H2,1-2H3,(H,13,16)(H2,14,15,17). The largest absolute Gasteiger partial charge is 0.354 e. The number of carbonyl (C=O) groups is 2. The number of carbonyl (C=O) groups excluding carboxylic acids is 2. The summed E-state index contributed by atoms with van der Waals surface area (Å²) in [7, 11) is 0. The maximum absolute atomic E-state index is 11.4. The molecule has 1 fully saturated rings. The van der Waals surface area contributed by atoms with E-state index in [2.05, 4.69) is 16.0 Å².